The van der Waals surface area contributed by atoms with E-state index in [9.17, 15) is 19.1 Å². The van der Waals surface area contributed by atoms with Crippen LogP contribution in [-0.4, -0.2) is 27.6 Å². The summed E-state index contributed by atoms with van der Waals surface area (Å²) in [5, 5.41) is 12.6. The molecule has 0 spiro atoms. The minimum atomic E-state index is -1.03. The number of carboxylic acid groups (broad SMARTS) is 1. The Morgan fingerprint density at radius 1 is 1.35 bits per heavy atom. The van der Waals surface area contributed by atoms with E-state index in [1.807, 2.05) is 13.0 Å². The fourth-order valence-corrected chi connectivity index (χ4v) is 2.50. The van der Waals surface area contributed by atoms with E-state index in [2.05, 4.69) is 5.32 Å². The number of aromatic nitrogens is 1. The summed E-state index contributed by atoms with van der Waals surface area (Å²) >= 11 is 0. The zero-order valence-electron chi connectivity index (χ0n) is 13.3. The molecule has 0 aliphatic rings. The third-order valence-electron chi connectivity index (χ3n) is 4.11. The van der Waals surface area contributed by atoms with Gasteiger partial charge in [-0.2, -0.15) is 0 Å². The van der Waals surface area contributed by atoms with Crippen molar-refractivity contribution in [1.82, 2.24) is 9.88 Å². The van der Waals surface area contributed by atoms with Gasteiger partial charge in [-0.25, -0.2) is 9.18 Å². The Kier molecular flexibility index (Phi) is 5.36. The molecule has 0 saturated carbocycles. The van der Waals surface area contributed by atoms with Crippen LogP contribution in [0.3, 0.4) is 0 Å². The molecular weight excluding hydrogens is 299 g/mol. The van der Waals surface area contributed by atoms with Crippen LogP contribution in [0.15, 0.2) is 30.5 Å². The van der Waals surface area contributed by atoms with Crippen molar-refractivity contribution in [3.63, 3.8) is 0 Å². The quantitative estimate of drug-likeness (QED) is 0.824. The summed E-state index contributed by atoms with van der Waals surface area (Å²) in [4.78, 5) is 23.2. The summed E-state index contributed by atoms with van der Waals surface area (Å²) in [6, 6.07) is 5.47. The second kappa shape index (κ2) is 7.26. The first-order valence-corrected chi connectivity index (χ1v) is 7.69. The van der Waals surface area contributed by atoms with Crippen molar-refractivity contribution in [2.45, 2.75) is 39.3 Å². The van der Waals surface area contributed by atoms with Crippen molar-refractivity contribution in [3.05, 3.63) is 36.3 Å². The molecule has 1 amide bonds. The highest BCUT2D eigenvalue weighted by Crippen LogP contribution is 2.17. The van der Waals surface area contributed by atoms with Crippen LogP contribution in [-0.2, 0) is 16.1 Å². The molecule has 2 N–H and O–H groups in total. The summed E-state index contributed by atoms with van der Waals surface area (Å²) in [5.41, 5.74) is 0.717. The number of halogens is 1. The molecule has 23 heavy (non-hydrogen) atoms. The van der Waals surface area contributed by atoms with Gasteiger partial charge >= 0.3 is 5.97 Å². The maximum atomic E-state index is 13.3. The lowest BCUT2D eigenvalue weighted by molar-refractivity contribution is -0.143. The zero-order valence-corrected chi connectivity index (χ0v) is 13.3. The Balaban J connectivity index is 2.00. The maximum absolute atomic E-state index is 13.3. The summed E-state index contributed by atoms with van der Waals surface area (Å²) in [6.45, 7) is 4.04. The smallest absolute Gasteiger partial charge is 0.326 e. The number of hydrogen-bond acceptors (Lipinski definition) is 2. The lowest BCUT2D eigenvalue weighted by atomic mass is 9.99. The van der Waals surface area contributed by atoms with Gasteiger partial charge in [0.15, 0.2) is 0 Å². The van der Waals surface area contributed by atoms with Crippen LogP contribution in [0.1, 0.15) is 26.7 Å². The molecule has 0 bridgehead atoms. The number of carboxylic acids is 1. The second-order valence-electron chi connectivity index (χ2n) is 5.73. The van der Waals surface area contributed by atoms with Crippen LogP contribution >= 0.6 is 0 Å². The van der Waals surface area contributed by atoms with Gasteiger partial charge in [-0.05, 0) is 35.6 Å². The third-order valence-corrected chi connectivity index (χ3v) is 4.11. The number of fused-ring (bicyclic) bond motifs is 1. The first kappa shape index (κ1) is 17.0. The standard InChI is InChI=1S/C17H21FN2O3/c1-3-11(2)16(17(22)23)19-15(21)7-9-20-8-6-12-4-5-13(18)10-14(12)20/h4-6,8,10-11,16H,3,7,9H2,1-2H3,(H,19,21)(H,22,23). The SMILES string of the molecule is CCC(C)C(NC(=O)CCn1ccc2ccc(F)cc21)C(=O)O. The molecule has 1 heterocycles. The van der Waals surface area contributed by atoms with Gasteiger partial charge in [0, 0.05) is 19.2 Å². The Morgan fingerprint density at radius 3 is 2.74 bits per heavy atom. The van der Waals surface area contributed by atoms with E-state index in [1.54, 1.807) is 23.8 Å². The van der Waals surface area contributed by atoms with Gasteiger partial charge in [-0.15, -0.1) is 0 Å². The Bertz CT molecular complexity index is 711. The number of nitrogens with one attached hydrogen (secondary N) is 1. The van der Waals surface area contributed by atoms with E-state index >= 15 is 0 Å². The third kappa shape index (κ3) is 4.09. The number of nitrogens with zero attached hydrogens (tertiary/aromatic N) is 1. The molecule has 0 saturated heterocycles. The zero-order chi connectivity index (χ0) is 17.0. The number of carbonyl (C=O) groups excluding carboxylic acids is 1. The first-order chi connectivity index (χ1) is 10.9. The number of hydrogen-bond donors (Lipinski definition) is 2. The predicted molar refractivity (Wildman–Crippen MR) is 85.5 cm³/mol. The Labute approximate surface area is 134 Å². The van der Waals surface area contributed by atoms with Crippen molar-refractivity contribution < 1.29 is 19.1 Å². The number of rotatable bonds is 7. The minimum absolute atomic E-state index is 0.139. The topological polar surface area (TPSA) is 71.3 Å². The molecule has 2 rings (SSSR count). The van der Waals surface area contributed by atoms with E-state index in [0.717, 1.165) is 10.9 Å². The molecule has 0 aliphatic carbocycles. The summed E-state index contributed by atoms with van der Waals surface area (Å²) < 4.78 is 15.1. The van der Waals surface area contributed by atoms with Crippen molar-refractivity contribution in [2.75, 3.05) is 0 Å². The maximum Gasteiger partial charge on any atom is 0.326 e. The molecule has 0 aliphatic heterocycles. The van der Waals surface area contributed by atoms with Gasteiger partial charge in [0.1, 0.15) is 11.9 Å². The molecule has 0 radical (unpaired) electrons. The largest absolute Gasteiger partial charge is 0.480 e. The first-order valence-electron chi connectivity index (χ1n) is 7.69. The Hall–Kier alpha value is -2.37. The highest BCUT2D eigenvalue weighted by molar-refractivity contribution is 5.84. The molecular formula is C17H21FN2O3. The van der Waals surface area contributed by atoms with E-state index in [4.69, 9.17) is 0 Å². The van der Waals surface area contributed by atoms with Crippen LogP contribution in [0.2, 0.25) is 0 Å². The monoisotopic (exact) mass is 320 g/mol. The summed E-state index contributed by atoms with van der Waals surface area (Å²) in [6.07, 6.45) is 2.60. The summed E-state index contributed by atoms with van der Waals surface area (Å²) in [5.74, 6) is -1.82. The fourth-order valence-electron chi connectivity index (χ4n) is 2.50. The number of aryl methyl sites for hydroxylation is 1. The van der Waals surface area contributed by atoms with Crippen LogP contribution in [0.4, 0.5) is 4.39 Å². The molecule has 0 fully saturated rings. The van der Waals surface area contributed by atoms with Crippen molar-refractivity contribution in [2.24, 2.45) is 5.92 Å². The normalized spacial score (nSPS) is 13.7. The molecule has 1 aromatic heterocycles. The summed E-state index contributed by atoms with van der Waals surface area (Å²) in [7, 11) is 0. The number of benzene rings is 1. The van der Waals surface area contributed by atoms with Crippen LogP contribution < -0.4 is 5.32 Å². The number of carbonyl (C=O) groups is 2. The lowest BCUT2D eigenvalue weighted by Crippen LogP contribution is -2.45. The van der Waals surface area contributed by atoms with Gasteiger partial charge < -0.3 is 15.0 Å². The molecule has 124 valence electrons. The van der Waals surface area contributed by atoms with Gasteiger partial charge in [-0.3, -0.25) is 4.79 Å². The van der Waals surface area contributed by atoms with E-state index < -0.39 is 12.0 Å². The average molecular weight is 320 g/mol. The van der Waals surface area contributed by atoms with E-state index in [0.29, 0.717) is 13.0 Å². The van der Waals surface area contributed by atoms with Gasteiger partial charge in [0.25, 0.3) is 0 Å². The van der Waals surface area contributed by atoms with Crippen LogP contribution in [0.5, 0.6) is 0 Å². The van der Waals surface area contributed by atoms with E-state index in [-0.39, 0.29) is 24.1 Å². The molecule has 1 aromatic carbocycles. The highest BCUT2D eigenvalue weighted by Gasteiger charge is 2.25. The molecule has 2 aromatic rings. The van der Waals surface area contributed by atoms with Crippen LogP contribution in [0, 0.1) is 11.7 Å². The number of aliphatic carboxylic acids is 1. The van der Waals surface area contributed by atoms with Crippen molar-refractivity contribution in [1.29, 1.82) is 0 Å². The van der Waals surface area contributed by atoms with Gasteiger partial charge in [0.05, 0.1) is 5.52 Å². The van der Waals surface area contributed by atoms with Crippen molar-refractivity contribution >= 4 is 22.8 Å². The van der Waals surface area contributed by atoms with Crippen LogP contribution in [0.25, 0.3) is 10.9 Å². The average Bonchev–Trinajstić information content (AvgIpc) is 2.91. The van der Waals surface area contributed by atoms with Crippen molar-refractivity contribution in [3.8, 4) is 0 Å². The molecule has 2 unspecified atom stereocenters. The molecule has 2 atom stereocenters. The van der Waals surface area contributed by atoms with Gasteiger partial charge in [-0.1, -0.05) is 20.3 Å². The highest BCUT2D eigenvalue weighted by atomic mass is 19.1. The van der Waals surface area contributed by atoms with Gasteiger partial charge in [0.2, 0.25) is 5.91 Å². The predicted octanol–water partition coefficient (Wildman–Crippen LogP) is 2.79. The molecule has 5 nitrogen and oxygen atoms in total. The number of amides is 1. The minimum Gasteiger partial charge on any atom is -0.480 e. The lowest BCUT2D eigenvalue weighted by Gasteiger charge is -2.20. The Morgan fingerprint density at radius 2 is 2.09 bits per heavy atom. The molecule has 6 heteroatoms. The fraction of sp³-hybridized carbons (Fsp3) is 0.412. The second-order valence-corrected chi connectivity index (χ2v) is 5.73. The van der Waals surface area contributed by atoms with E-state index in [1.165, 1.54) is 12.1 Å².